The van der Waals surface area contributed by atoms with Gasteiger partial charge in [-0.05, 0) is 18.8 Å². The first-order chi connectivity index (χ1) is 10.6. The van der Waals surface area contributed by atoms with E-state index in [9.17, 15) is 4.79 Å². The summed E-state index contributed by atoms with van der Waals surface area (Å²) in [5.41, 5.74) is 0. The van der Waals surface area contributed by atoms with Crippen molar-refractivity contribution >= 4 is 11.9 Å². The third-order valence-electron chi connectivity index (χ3n) is 4.03. The van der Waals surface area contributed by atoms with Crippen molar-refractivity contribution in [2.45, 2.75) is 38.5 Å². The number of nitrogens with zero attached hydrogens (tertiary/aromatic N) is 2. The summed E-state index contributed by atoms with van der Waals surface area (Å²) in [7, 11) is 5.15. The Morgan fingerprint density at radius 2 is 1.91 bits per heavy atom. The number of carbonyl (C=O) groups excluding carboxylic acids is 1. The number of guanidine groups is 1. The van der Waals surface area contributed by atoms with E-state index in [-0.39, 0.29) is 12.5 Å². The van der Waals surface area contributed by atoms with Gasteiger partial charge in [0.05, 0.1) is 6.61 Å². The molecule has 1 rings (SSSR count). The molecule has 0 aliphatic heterocycles. The van der Waals surface area contributed by atoms with Crippen LogP contribution in [0.4, 0.5) is 0 Å². The number of amides is 1. The smallest absolute Gasteiger partial charge is 0.243 e. The number of hydrogen-bond acceptors (Lipinski definition) is 3. The molecule has 0 heterocycles. The summed E-state index contributed by atoms with van der Waals surface area (Å²) in [6, 6.07) is 0. The molecule has 1 aliphatic carbocycles. The maximum absolute atomic E-state index is 11.6. The van der Waals surface area contributed by atoms with Crippen molar-refractivity contribution in [1.29, 1.82) is 0 Å². The van der Waals surface area contributed by atoms with Gasteiger partial charge >= 0.3 is 0 Å². The van der Waals surface area contributed by atoms with Crippen LogP contribution < -0.4 is 10.6 Å². The lowest BCUT2D eigenvalue weighted by Crippen LogP contribution is -2.40. The van der Waals surface area contributed by atoms with Gasteiger partial charge in [-0.25, -0.2) is 4.99 Å². The Balaban J connectivity index is 2.29. The van der Waals surface area contributed by atoms with Crippen LogP contribution in [0, 0.1) is 5.92 Å². The minimum Gasteiger partial charge on any atom is -0.383 e. The monoisotopic (exact) mass is 312 g/mol. The van der Waals surface area contributed by atoms with Crippen molar-refractivity contribution in [3.8, 4) is 0 Å². The molecule has 1 saturated carbocycles. The second kappa shape index (κ2) is 11.3. The highest BCUT2D eigenvalue weighted by atomic mass is 16.5. The van der Waals surface area contributed by atoms with Crippen LogP contribution in [0.15, 0.2) is 4.99 Å². The van der Waals surface area contributed by atoms with Crippen LogP contribution in [0.3, 0.4) is 0 Å². The van der Waals surface area contributed by atoms with Gasteiger partial charge in [0, 0.05) is 34.3 Å². The Bertz CT molecular complexity index is 339. The molecule has 1 fully saturated rings. The van der Waals surface area contributed by atoms with E-state index in [0.29, 0.717) is 19.1 Å². The summed E-state index contributed by atoms with van der Waals surface area (Å²) < 4.78 is 5.03. The average molecular weight is 312 g/mol. The molecule has 0 saturated heterocycles. The Morgan fingerprint density at radius 3 is 2.55 bits per heavy atom. The number of methoxy groups -OCH3 is 1. The van der Waals surface area contributed by atoms with Crippen LogP contribution >= 0.6 is 0 Å². The van der Waals surface area contributed by atoms with Gasteiger partial charge in [-0.2, -0.15) is 0 Å². The Hall–Kier alpha value is -1.30. The molecule has 0 aromatic heterocycles. The highest BCUT2D eigenvalue weighted by molar-refractivity contribution is 5.84. The van der Waals surface area contributed by atoms with E-state index in [1.165, 1.54) is 32.1 Å². The zero-order valence-electron chi connectivity index (χ0n) is 14.4. The van der Waals surface area contributed by atoms with Gasteiger partial charge in [-0.3, -0.25) is 4.79 Å². The summed E-state index contributed by atoms with van der Waals surface area (Å²) in [5.74, 6) is 1.61. The Labute approximate surface area is 134 Å². The molecule has 6 nitrogen and oxygen atoms in total. The van der Waals surface area contributed by atoms with E-state index >= 15 is 0 Å². The van der Waals surface area contributed by atoms with Gasteiger partial charge in [0.1, 0.15) is 6.54 Å². The predicted octanol–water partition coefficient (Wildman–Crippen LogP) is 1.23. The molecular weight excluding hydrogens is 280 g/mol. The maximum atomic E-state index is 11.6. The Morgan fingerprint density at radius 1 is 1.23 bits per heavy atom. The van der Waals surface area contributed by atoms with E-state index in [1.54, 1.807) is 26.1 Å². The molecular formula is C16H32N4O2. The van der Waals surface area contributed by atoms with Crippen LogP contribution in [-0.4, -0.2) is 64.2 Å². The molecule has 6 heteroatoms. The fourth-order valence-electron chi connectivity index (χ4n) is 2.63. The average Bonchev–Trinajstić information content (AvgIpc) is 3.01. The van der Waals surface area contributed by atoms with Crippen molar-refractivity contribution in [3.05, 3.63) is 0 Å². The number of aliphatic imine (C=N–C) groups is 1. The summed E-state index contributed by atoms with van der Waals surface area (Å²) in [5, 5.41) is 6.50. The van der Waals surface area contributed by atoms with Crippen LogP contribution in [0.5, 0.6) is 0 Å². The maximum Gasteiger partial charge on any atom is 0.243 e. The minimum atomic E-state index is -0.00111. The standard InChI is InChI=1S/C16H32N4O2/c1-20(2)15(21)13-19-16(18-11-12-22-3)17-10-6-9-14-7-4-5-8-14/h14H,4-13H2,1-3H3,(H2,17,18,19). The van der Waals surface area contributed by atoms with Crippen molar-refractivity contribution < 1.29 is 9.53 Å². The predicted molar refractivity (Wildman–Crippen MR) is 90.1 cm³/mol. The van der Waals surface area contributed by atoms with Crippen molar-refractivity contribution in [2.75, 3.05) is 47.4 Å². The summed E-state index contributed by atoms with van der Waals surface area (Å²) in [6.07, 6.45) is 8.02. The van der Waals surface area contributed by atoms with Gasteiger partial charge in [-0.15, -0.1) is 0 Å². The van der Waals surface area contributed by atoms with E-state index in [4.69, 9.17) is 4.74 Å². The number of carbonyl (C=O) groups is 1. The molecule has 0 radical (unpaired) electrons. The molecule has 128 valence electrons. The van der Waals surface area contributed by atoms with Crippen LogP contribution in [0.2, 0.25) is 0 Å². The lowest BCUT2D eigenvalue weighted by atomic mass is 10.0. The van der Waals surface area contributed by atoms with Crippen molar-refractivity contribution in [1.82, 2.24) is 15.5 Å². The van der Waals surface area contributed by atoms with Gasteiger partial charge in [0.2, 0.25) is 5.91 Å². The van der Waals surface area contributed by atoms with Gasteiger partial charge in [0.25, 0.3) is 0 Å². The van der Waals surface area contributed by atoms with E-state index in [1.807, 2.05) is 0 Å². The first-order valence-corrected chi connectivity index (χ1v) is 8.34. The van der Waals surface area contributed by atoms with E-state index < -0.39 is 0 Å². The molecule has 0 atom stereocenters. The van der Waals surface area contributed by atoms with E-state index in [0.717, 1.165) is 18.9 Å². The zero-order valence-corrected chi connectivity index (χ0v) is 14.4. The second-order valence-electron chi connectivity index (χ2n) is 6.09. The highest BCUT2D eigenvalue weighted by Gasteiger charge is 2.14. The fraction of sp³-hybridized carbons (Fsp3) is 0.875. The summed E-state index contributed by atoms with van der Waals surface area (Å²) in [6.45, 7) is 2.36. The van der Waals surface area contributed by atoms with E-state index in [2.05, 4.69) is 15.6 Å². The third kappa shape index (κ3) is 8.22. The quantitative estimate of drug-likeness (QED) is 0.382. The van der Waals surface area contributed by atoms with Crippen LogP contribution in [0.1, 0.15) is 38.5 Å². The molecule has 0 spiro atoms. The molecule has 1 amide bonds. The molecule has 0 bridgehead atoms. The zero-order chi connectivity index (χ0) is 16.2. The largest absolute Gasteiger partial charge is 0.383 e. The highest BCUT2D eigenvalue weighted by Crippen LogP contribution is 2.28. The van der Waals surface area contributed by atoms with Crippen LogP contribution in [0.25, 0.3) is 0 Å². The minimum absolute atomic E-state index is 0.00111. The van der Waals surface area contributed by atoms with Crippen LogP contribution in [-0.2, 0) is 9.53 Å². The number of nitrogens with one attached hydrogen (secondary N) is 2. The summed E-state index contributed by atoms with van der Waals surface area (Å²) >= 11 is 0. The molecule has 0 unspecified atom stereocenters. The normalized spacial score (nSPS) is 15.9. The van der Waals surface area contributed by atoms with Gasteiger partial charge < -0.3 is 20.3 Å². The molecule has 22 heavy (non-hydrogen) atoms. The second-order valence-corrected chi connectivity index (χ2v) is 6.09. The number of ether oxygens (including phenoxy) is 1. The lowest BCUT2D eigenvalue weighted by molar-refractivity contribution is -0.127. The topological polar surface area (TPSA) is 66.0 Å². The Kier molecular flexibility index (Phi) is 9.62. The third-order valence-corrected chi connectivity index (χ3v) is 4.03. The number of hydrogen-bond donors (Lipinski definition) is 2. The lowest BCUT2D eigenvalue weighted by Gasteiger charge is -2.14. The molecule has 0 aromatic rings. The molecule has 0 aromatic carbocycles. The SMILES string of the molecule is COCCNC(=NCC(=O)N(C)C)NCCCC1CCCC1. The number of rotatable bonds is 9. The fourth-order valence-corrected chi connectivity index (χ4v) is 2.63. The van der Waals surface area contributed by atoms with Crippen molar-refractivity contribution in [3.63, 3.8) is 0 Å². The van der Waals surface area contributed by atoms with Crippen molar-refractivity contribution in [2.24, 2.45) is 10.9 Å². The number of likely N-dealkylation sites (N-methyl/N-ethyl adjacent to an activating group) is 1. The van der Waals surface area contributed by atoms with Gasteiger partial charge in [0.15, 0.2) is 5.96 Å². The first-order valence-electron chi connectivity index (χ1n) is 8.34. The molecule has 2 N–H and O–H groups in total. The summed E-state index contributed by atoms with van der Waals surface area (Å²) in [4.78, 5) is 17.5. The molecule has 1 aliphatic rings. The van der Waals surface area contributed by atoms with Gasteiger partial charge in [-0.1, -0.05) is 25.7 Å². The first kappa shape index (κ1) is 18.7.